The standard InChI is InChI=1S/C20H24N2O4/c1-21-20(24)12-14-4-7-16(8-5-14)22-19(23)11-6-15-13-17(25-2)9-10-18(15)26-3/h4-5,7-10,13H,6,11-12H2,1-3H3,(H,21,24)(H,22,23). The van der Waals surface area contributed by atoms with E-state index < -0.39 is 0 Å². The number of methoxy groups -OCH3 is 2. The Morgan fingerprint density at radius 1 is 0.962 bits per heavy atom. The molecule has 0 aliphatic carbocycles. The van der Waals surface area contributed by atoms with Crippen LogP contribution in [-0.2, 0) is 22.4 Å². The molecule has 0 unspecified atom stereocenters. The monoisotopic (exact) mass is 356 g/mol. The zero-order valence-electron chi connectivity index (χ0n) is 15.3. The van der Waals surface area contributed by atoms with Crippen molar-refractivity contribution in [1.82, 2.24) is 5.32 Å². The molecule has 2 aromatic rings. The summed E-state index contributed by atoms with van der Waals surface area (Å²) in [6.45, 7) is 0. The van der Waals surface area contributed by atoms with Crippen molar-refractivity contribution >= 4 is 17.5 Å². The Hall–Kier alpha value is -3.02. The van der Waals surface area contributed by atoms with E-state index in [1.54, 1.807) is 33.4 Å². The Morgan fingerprint density at radius 3 is 2.31 bits per heavy atom. The first kappa shape index (κ1) is 19.3. The molecule has 138 valence electrons. The minimum Gasteiger partial charge on any atom is -0.497 e. The minimum absolute atomic E-state index is 0.0472. The summed E-state index contributed by atoms with van der Waals surface area (Å²) in [4.78, 5) is 23.6. The molecule has 0 saturated carbocycles. The second-order valence-electron chi connectivity index (χ2n) is 5.77. The molecule has 0 bridgehead atoms. The SMILES string of the molecule is CNC(=O)Cc1ccc(NC(=O)CCc2cc(OC)ccc2OC)cc1. The van der Waals surface area contributed by atoms with Gasteiger partial charge in [-0.25, -0.2) is 0 Å². The molecule has 0 saturated heterocycles. The lowest BCUT2D eigenvalue weighted by Gasteiger charge is -2.11. The van der Waals surface area contributed by atoms with Crippen LogP contribution in [-0.4, -0.2) is 33.1 Å². The Bertz CT molecular complexity index is 757. The molecule has 0 aromatic heterocycles. The number of benzene rings is 2. The highest BCUT2D eigenvalue weighted by molar-refractivity contribution is 5.91. The van der Waals surface area contributed by atoms with Crippen LogP contribution in [0.3, 0.4) is 0 Å². The molecule has 2 amide bonds. The van der Waals surface area contributed by atoms with Gasteiger partial charge in [-0.05, 0) is 47.9 Å². The molecule has 0 aliphatic rings. The Kier molecular flexibility index (Phi) is 7.02. The molecule has 2 N–H and O–H groups in total. The summed E-state index contributed by atoms with van der Waals surface area (Å²) in [7, 11) is 4.81. The number of hydrogen-bond acceptors (Lipinski definition) is 4. The van der Waals surface area contributed by atoms with E-state index in [1.165, 1.54) is 0 Å². The number of carbonyl (C=O) groups excluding carboxylic acids is 2. The van der Waals surface area contributed by atoms with Crippen LogP contribution in [0.25, 0.3) is 0 Å². The van der Waals surface area contributed by atoms with Gasteiger partial charge in [0.15, 0.2) is 0 Å². The van der Waals surface area contributed by atoms with Crippen LogP contribution in [0.1, 0.15) is 17.5 Å². The lowest BCUT2D eigenvalue weighted by molar-refractivity contribution is -0.120. The highest BCUT2D eigenvalue weighted by atomic mass is 16.5. The maximum absolute atomic E-state index is 12.2. The largest absolute Gasteiger partial charge is 0.497 e. The maximum Gasteiger partial charge on any atom is 0.224 e. The molecule has 0 spiro atoms. The first-order chi connectivity index (χ1) is 12.5. The maximum atomic E-state index is 12.2. The van der Waals surface area contributed by atoms with E-state index in [2.05, 4.69) is 10.6 Å². The van der Waals surface area contributed by atoms with Crippen molar-refractivity contribution in [3.05, 3.63) is 53.6 Å². The molecule has 6 heteroatoms. The average molecular weight is 356 g/mol. The first-order valence-electron chi connectivity index (χ1n) is 8.36. The molecule has 2 rings (SSSR count). The zero-order chi connectivity index (χ0) is 18.9. The molecule has 26 heavy (non-hydrogen) atoms. The van der Waals surface area contributed by atoms with Crippen molar-refractivity contribution < 1.29 is 19.1 Å². The summed E-state index contributed by atoms with van der Waals surface area (Å²) in [6, 6.07) is 12.8. The molecular weight excluding hydrogens is 332 g/mol. The summed E-state index contributed by atoms with van der Waals surface area (Å²) in [5.74, 6) is 1.33. The fraction of sp³-hybridized carbons (Fsp3) is 0.300. The number of rotatable bonds is 8. The van der Waals surface area contributed by atoms with Gasteiger partial charge in [-0.1, -0.05) is 12.1 Å². The number of carbonyl (C=O) groups is 2. The average Bonchev–Trinajstić information content (AvgIpc) is 2.67. The zero-order valence-corrected chi connectivity index (χ0v) is 15.3. The highest BCUT2D eigenvalue weighted by Crippen LogP contribution is 2.25. The number of aryl methyl sites for hydroxylation is 1. The Labute approximate surface area is 153 Å². The molecule has 6 nitrogen and oxygen atoms in total. The fourth-order valence-corrected chi connectivity index (χ4v) is 2.53. The van der Waals surface area contributed by atoms with Crippen molar-refractivity contribution in [3.63, 3.8) is 0 Å². The lowest BCUT2D eigenvalue weighted by atomic mass is 10.1. The molecule has 0 fully saturated rings. The van der Waals surface area contributed by atoms with Crippen LogP contribution < -0.4 is 20.1 Å². The molecule has 0 aliphatic heterocycles. The van der Waals surface area contributed by atoms with E-state index >= 15 is 0 Å². The predicted molar refractivity (Wildman–Crippen MR) is 101 cm³/mol. The van der Waals surface area contributed by atoms with Gasteiger partial charge in [0.2, 0.25) is 11.8 Å². The quantitative estimate of drug-likeness (QED) is 0.762. The third kappa shape index (κ3) is 5.51. The van der Waals surface area contributed by atoms with Crippen LogP contribution in [0.15, 0.2) is 42.5 Å². The summed E-state index contributed by atoms with van der Waals surface area (Å²) in [5.41, 5.74) is 2.51. The molecule has 0 radical (unpaired) electrons. The van der Waals surface area contributed by atoms with E-state index in [-0.39, 0.29) is 11.8 Å². The molecule has 0 atom stereocenters. The van der Waals surface area contributed by atoms with Gasteiger partial charge in [-0.3, -0.25) is 9.59 Å². The van der Waals surface area contributed by atoms with Crippen LogP contribution in [0, 0.1) is 0 Å². The van der Waals surface area contributed by atoms with Crippen molar-refractivity contribution in [3.8, 4) is 11.5 Å². The van der Waals surface area contributed by atoms with Gasteiger partial charge < -0.3 is 20.1 Å². The summed E-state index contributed by atoms with van der Waals surface area (Å²) < 4.78 is 10.5. The molecule has 0 heterocycles. The number of anilines is 1. The van der Waals surface area contributed by atoms with E-state index in [1.807, 2.05) is 30.3 Å². The lowest BCUT2D eigenvalue weighted by Crippen LogP contribution is -2.19. The second kappa shape index (κ2) is 9.46. The fourth-order valence-electron chi connectivity index (χ4n) is 2.53. The van der Waals surface area contributed by atoms with Crippen LogP contribution in [0.4, 0.5) is 5.69 Å². The summed E-state index contributed by atoms with van der Waals surface area (Å²) in [6.07, 6.45) is 1.19. The van der Waals surface area contributed by atoms with E-state index in [9.17, 15) is 9.59 Å². The van der Waals surface area contributed by atoms with Gasteiger partial charge in [0.05, 0.1) is 20.6 Å². The van der Waals surface area contributed by atoms with Crippen molar-refractivity contribution in [2.24, 2.45) is 0 Å². The minimum atomic E-state index is -0.0890. The van der Waals surface area contributed by atoms with E-state index in [0.717, 1.165) is 22.6 Å². The Balaban J connectivity index is 1.92. The number of amides is 2. The van der Waals surface area contributed by atoms with Crippen LogP contribution >= 0.6 is 0 Å². The van der Waals surface area contributed by atoms with Gasteiger partial charge in [0.25, 0.3) is 0 Å². The van der Waals surface area contributed by atoms with Crippen LogP contribution in [0.2, 0.25) is 0 Å². The molecular formula is C20H24N2O4. The van der Waals surface area contributed by atoms with Gasteiger partial charge in [-0.15, -0.1) is 0 Å². The van der Waals surface area contributed by atoms with Gasteiger partial charge in [-0.2, -0.15) is 0 Å². The third-order valence-electron chi connectivity index (χ3n) is 3.99. The first-order valence-corrected chi connectivity index (χ1v) is 8.36. The normalized spacial score (nSPS) is 10.1. The third-order valence-corrected chi connectivity index (χ3v) is 3.99. The highest BCUT2D eigenvalue weighted by Gasteiger charge is 2.09. The van der Waals surface area contributed by atoms with E-state index in [0.29, 0.717) is 24.9 Å². The van der Waals surface area contributed by atoms with Crippen molar-refractivity contribution in [2.75, 3.05) is 26.6 Å². The van der Waals surface area contributed by atoms with Crippen molar-refractivity contribution in [2.45, 2.75) is 19.3 Å². The number of nitrogens with one attached hydrogen (secondary N) is 2. The van der Waals surface area contributed by atoms with E-state index in [4.69, 9.17) is 9.47 Å². The van der Waals surface area contributed by atoms with Gasteiger partial charge in [0.1, 0.15) is 11.5 Å². The van der Waals surface area contributed by atoms with Gasteiger partial charge >= 0.3 is 0 Å². The van der Waals surface area contributed by atoms with Crippen LogP contribution in [0.5, 0.6) is 11.5 Å². The molecule has 2 aromatic carbocycles. The predicted octanol–water partition coefficient (Wildman–Crippen LogP) is 2.56. The Morgan fingerprint density at radius 2 is 1.69 bits per heavy atom. The number of likely N-dealkylation sites (N-methyl/N-ethyl adjacent to an activating group) is 1. The van der Waals surface area contributed by atoms with Crippen molar-refractivity contribution in [1.29, 1.82) is 0 Å². The summed E-state index contributed by atoms with van der Waals surface area (Å²) >= 11 is 0. The van der Waals surface area contributed by atoms with Gasteiger partial charge in [0, 0.05) is 19.2 Å². The topological polar surface area (TPSA) is 76.7 Å². The smallest absolute Gasteiger partial charge is 0.224 e. The second-order valence-corrected chi connectivity index (χ2v) is 5.77. The summed E-state index contributed by atoms with van der Waals surface area (Å²) in [5, 5.41) is 5.44. The number of ether oxygens (including phenoxy) is 2. The number of hydrogen-bond donors (Lipinski definition) is 2.